The van der Waals surface area contributed by atoms with E-state index in [2.05, 4.69) is 27.9 Å². The molecular formula is C12H13IN2O2S. The van der Waals surface area contributed by atoms with E-state index in [0.717, 1.165) is 9.26 Å². The van der Waals surface area contributed by atoms with E-state index < -0.39 is 0 Å². The highest BCUT2D eigenvalue weighted by atomic mass is 127. The average Bonchev–Trinajstić information content (AvgIpc) is 2.39. The number of nitrogens with one attached hydrogen (secondary N) is 1. The van der Waals surface area contributed by atoms with Gasteiger partial charge in [0, 0.05) is 22.3 Å². The number of carbonyl (C=O) groups excluding carboxylic acids is 1. The van der Waals surface area contributed by atoms with E-state index in [9.17, 15) is 4.79 Å². The largest absolute Gasteiger partial charge is 0.378 e. The summed E-state index contributed by atoms with van der Waals surface area (Å²) in [6.45, 7) is 2.60. The summed E-state index contributed by atoms with van der Waals surface area (Å²) < 4.78 is 6.30. The second kappa shape index (κ2) is 6.44. The maximum absolute atomic E-state index is 12.0. The first-order valence-electron chi connectivity index (χ1n) is 5.60. The zero-order valence-corrected chi connectivity index (χ0v) is 12.7. The van der Waals surface area contributed by atoms with Gasteiger partial charge in [-0.1, -0.05) is 18.3 Å². The smallest absolute Gasteiger partial charge is 0.283 e. The molecule has 6 heteroatoms. The molecule has 1 aromatic carbocycles. The fourth-order valence-corrected chi connectivity index (χ4v) is 2.44. The zero-order valence-electron chi connectivity index (χ0n) is 9.69. The van der Waals surface area contributed by atoms with E-state index in [4.69, 9.17) is 17.0 Å². The van der Waals surface area contributed by atoms with Crippen molar-refractivity contribution in [3.63, 3.8) is 0 Å². The van der Waals surface area contributed by atoms with Crippen LogP contribution in [0.5, 0.6) is 0 Å². The molecule has 1 fully saturated rings. The molecule has 18 heavy (non-hydrogen) atoms. The van der Waals surface area contributed by atoms with Crippen molar-refractivity contribution in [3.8, 4) is 0 Å². The number of anilines is 1. The summed E-state index contributed by atoms with van der Waals surface area (Å²) in [7, 11) is 0. The Morgan fingerprint density at radius 1 is 1.39 bits per heavy atom. The fraction of sp³-hybridized carbons (Fsp3) is 0.333. The molecule has 0 saturated carbocycles. The lowest BCUT2D eigenvalue weighted by molar-refractivity contribution is -0.111. The van der Waals surface area contributed by atoms with Gasteiger partial charge >= 0.3 is 0 Å². The Hall–Kier alpha value is -0.730. The molecule has 0 bridgehead atoms. The van der Waals surface area contributed by atoms with Crippen LogP contribution in [-0.2, 0) is 9.53 Å². The SMILES string of the molecule is O=C(Nc1cccc(I)c1)C(=S)N1CCOCC1. The van der Waals surface area contributed by atoms with E-state index in [1.807, 2.05) is 29.2 Å². The fourth-order valence-electron chi connectivity index (χ4n) is 1.66. The van der Waals surface area contributed by atoms with Crippen LogP contribution in [0.3, 0.4) is 0 Å². The number of halogens is 1. The van der Waals surface area contributed by atoms with Gasteiger partial charge in [-0.05, 0) is 40.8 Å². The van der Waals surface area contributed by atoms with Crippen molar-refractivity contribution < 1.29 is 9.53 Å². The Morgan fingerprint density at radius 3 is 2.78 bits per heavy atom. The molecule has 4 nitrogen and oxygen atoms in total. The number of amides is 1. The summed E-state index contributed by atoms with van der Waals surface area (Å²) in [4.78, 5) is 14.2. The number of hydrogen-bond donors (Lipinski definition) is 1. The third-order valence-corrected chi connectivity index (χ3v) is 3.69. The average molecular weight is 376 g/mol. The molecule has 0 atom stereocenters. The minimum Gasteiger partial charge on any atom is -0.378 e. The molecule has 1 N–H and O–H groups in total. The first-order valence-corrected chi connectivity index (χ1v) is 7.09. The van der Waals surface area contributed by atoms with E-state index in [1.165, 1.54) is 0 Å². The van der Waals surface area contributed by atoms with E-state index in [-0.39, 0.29) is 5.91 Å². The third kappa shape index (κ3) is 3.63. The van der Waals surface area contributed by atoms with Crippen molar-refractivity contribution in [1.29, 1.82) is 0 Å². The Balaban J connectivity index is 1.96. The van der Waals surface area contributed by atoms with Gasteiger partial charge in [-0.25, -0.2) is 0 Å². The molecule has 1 aliphatic rings. The Morgan fingerprint density at radius 2 is 2.11 bits per heavy atom. The van der Waals surface area contributed by atoms with Gasteiger partial charge in [-0.15, -0.1) is 0 Å². The molecule has 1 heterocycles. The minimum absolute atomic E-state index is 0.228. The lowest BCUT2D eigenvalue weighted by Crippen LogP contribution is -2.44. The quantitative estimate of drug-likeness (QED) is 0.601. The van der Waals surface area contributed by atoms with Gasteiger partial charge in [0.05, 0.1) is 13.2 Å². The number of thiocarbonyl (C=S) groups is 1. The van der Waals surface area contributed by atoms with Gasteiger partial charge in [-0.3, -0.25) is 4.79 Å². The molecular weight excluding hydrogens is 363 g/mol. The van der Waals surface area contributed by atoms with Crippen molar-refractivity contribution in [2.45, 2.75) is 0 Å². The Labute approximate surface area is 125 Å². The number of morpholine rings is 1. The number of rotatable bonds is 1. The van der Waals surface area contributed by atoms with Gasteiger partial charge in [0.25, 0.3) is 5.91 Å². The second-order valence-electron chi connectivity index (χ2n) is 3.87. The molecule has 1 amide bonds. The van der Waals surface area contributed by atoms with E-state index in [1.54, 1.807) is 0 Å². The van der Waals surface area contributed by atoms with Crippen molar-refractivity contribution in [1.82, 2.24) is 4.90 Å². The van der Waals surface area contributed by atoms with Crippen LogP contribution in [0, 0.1) is 3.57 Å². The summed E-state index contributed by atoms with van der Waals surface area (Å²) in [5.74, 6) is -0.228. The molecule has 0 aromatic heterocycles. The van der Waals surface area contributed by atoms with E-state index in [0.29, 0.717) is 31.3 Å². The molecule has 2 rings (SSSR count). The van der Waals surface area contributed by atoms with Crippen LogP contribution in [0.4, 0.5) is 5.69 Å². The summed E-state index contributed by atoms with van der Waals surface area (Å²) >= 11 is 7.39. The lowest BCUT2D eigenvalue weighted by atomic mass is 10.3. The molecule has 96 valence electrons. The van der Waals surface area contributed by atoms with Gasteiger partial charge in [0.1, 0.15) is 0 Å². The summed E-state index contributed by atoms with van der Waals surface area (Å²) in [5, 5.41) is 2.81. The monoisotopic (exact) mass is 376 g/mol. The minimum atomic E-state index is -0.228. The molecule has 0 aliphatic carbocycles. The van der Waals surface area contributed by atoms with Crippen molar-refractivity contribution in [2.24, 2.45) is 0 Å². The van der Waals surface area contributed by atoms with Crippen LogP contribution in [-0.4, -0.2) is 42.1 Å². The normalized spacial score (nSPS) is 15.3. The van der Waals surface area contributed by atoms with Crippen LogP contribution < -0.4 is 5.32 Å². The predicted molar refractivity (Wildman–Crippen MR) is 82.8 cm³/mol. The summed E-state index contributed by atoms with van der Waals surface area (Å²) in [5.41, 5.74) is 0.766. The highest BCUT2D eigenvalue weighted by Crippen LogP contribution is 2.12. The van der Waals surface area contributed by atoms with Crippen molar-refractivity contribution in [2.75, 3.05) is 31.6 Å². The number of ether oxygens (including phenoxy) is 1. The number of nitrogens with zero attached hydrogens (tertiary/aromatic N) is 1. The number of benzene rings is 1. The second-order valence-corrected chi connectivity index (χ2v) is 5.50. The summed E-state index contributed by atoms with van der Waals surface area (Å²) in [6, 6.07) is 7.62. The topological polar surface area (TPSA) is 41.6 Å². The standard InChI is InChI=1S/C12H13IN2O2S/c13-9-2-1-3-10(8-9)14-11(16)12(18)15-4-6-17-7-5-15/h1-3,8H,4-7H2,(H,14,16). The Bertz CT molecular complexity index is 461. The maximum Gasteiger partial charge on any atom is 0.283 e. The van der Waals surface area contributed by atoms with Crippen LogP contribution in [0.2, 0.25) is 0 Å². The Kier molecular flexibility index (Phi) is 4.90. The van der Waals surface area contributed by atoms with Crippen LogP contribution in [0.25, 0.3) is 0 Å². The van der Waals surface area contributed by atoms with Crippen molar-refractivity contribution >= 4 is 51.4 Å². The van der Waals surface area contributed by atoms with Crippen molar-refractivity contribution in [3.05, 3.63) is 27.8 Å². The molecule has 0 spiro atoms. The highest BCUT2D eigenvalue weighted by molar-refractivity contribution is 14.1. The van der Waals surface area contributed by atoms with Crippen LogP contribution >= 0.6 is 34.8 Å². The van der Waals surface area contributed by atoms with Gasteiger partial charge in [-0.2, -0.15) is 0 Å². The molecule has 0 unspecified atom stereocenters. The number of carbonyl (C=O) groups is 1. The van der Waals surface area contributed by atoms with Crippen LogP contribution in [0.15, 0.2) is 24.3 Å². The molecule has 1 aliphatic heterocycles. The van der Waals surface area contributed by atoms with E-state index >= 15 is 0 Å². The first kappa shape index (κ1) is 13.7. The molecule has 1 saturated heterocycles. The third-order valence-electron chi connectivity index (χ3n) is 2.58. The van der Waals surface area contributed by atoms with Crippen LogP contribution in [0.1, 0.15) is 0 Å². The number of hydrogen-bond acceptors (Lipinski definition) is 3. The molecule has 0 radical (unpaired) electrons. The highest BCUT2D eigenvalue weighted by Gasteiger charge is 2.19. The predicted octanol–water partition coefficient (Wildman–Crippen LogP) is 1.89. The van der Waals surface area contributed by atoms with Gasteiger partial charge < -0.3 is 15.0 Å². The molecule has 1 aromatic rings. The van der Waals surface area contributed by atoms with Gasteiger partial charge in [0.2, 0.25) is 0 Å². The van der Waals surface area contributed by atoms with Gasteiger partial charge in [0.15, 0.2) is 4.99 Å². The first-order chi connectivity index (χ1) is 8.66. The summed E-state index contributed by atoms with van der Waals surface area (Å²) in [6.07, 6.45) is 0. The maximum atomic E-state index is 12.0. The lowest BCUT2D eigenvalue weighted by Gasteiger charge is -2.28. The zero-order chi connectivity index (χ0) is 13.0.